The molecule has 0 saturated heterocycles. The van der Waals surface area contributed by atoms with Crippen molar-refractivity contribution in [1.82, 2.24) is 0 Å². The van der Waals surface area contributed by atoms with E-state index >= 15 is 0 Å². The highest BCUT2D eigenvalue weighted by Crippen LogP contribution is 1.97. The lowest BCUT2D eigenvalue weighted by Crippen LogP contribution is -2.37. The van der Waals surface area contributed by atoms with Gasteiger partial charge in [0.2, 0.25) is 0 Å². The normalized spacial score (nSPS) is 17.4. The molecule has 1 unspecified atom stereocenters. The lowest BCUT2D eigenvalue weighted by molar-refractivity contribution is -0.138. The molecule has 0 spiro atoms. The number of carboxylic acid groups (broad SMARTS) is 1. The molecule has 8 heavy (non-hydrogen) atoms. The van der Waals surface area contributed by atoms with Gasteiger partial charge in [-0.15, -0.1) is 11.6 Å². The van der Waals surface area contributed by atoms with Crippen LogP contribution in [0, 0.1) is 0 Å². The van der Waals surface area contributed by atoms with Crippen LogP contribution in [-0.4, -0.2) is 22.5 Å². The first-order chi connectivity index (χ1) is 3.55. The molecule has 0 rings (SSSR count). The second-order valence-corrected chi connectivity index (χ2v) is 2.23. The molecule has 0 aliphatic rings. The van der Waals surface area contributed by atoms with Crippen LogP contribution in [-0.2, 0) is 4.79 Å². The van der Waals surface area contributed by atoms with E-state index in [0.29, 0.717) is 0 Å². The van der Waals surface area contributed by atoms with Gasteiger partial charge in [0, 0.05) is 0 Å². The van der Waals surface area contributed by atoms with Crippen LogP contribution in [0.15, 0.2) is 0 Å². The molecule has 0 aromatic carbocycles. The molecule has 0 fully saturated rings. The van der Waals surface area contributed by atoms with E-state index in [0.717, 1.165) is 0 Å². The molecule has 0 amide bonds. The predicted octanol–water partition coefficient (Wildman–Crippen LogP) is 0.0256. The van der Waals surface area contributed by atoms with Gasteiger partial charge >= 0.3 is 5.97 Å². The van der Waals surface area contributed by atoms with E-state index in [-0.39, 0.29) is 0 Å². The quantitative estimate of drug-likeness (QED) is 0.528. The van der Waals surface area contributed by atoms with E-state index in [1.807, 2.05) is 0 Å². The zero-order valence-corrected chi connectivity index (χ0v) is 5.22. The second-order valence-electron chi connectivity index (χ2n) is 1.54. The number of aliphatic carboxylic acids is 1. The Morgan fingerprint density at radius 2 is 2.25 bits per heavy atom. The molecule has 0 aromatic heterocycles. The minimum atomic E-state index is -1.06. The van der Waals surface area contributed by atoms with Crippen LogP contribution in [0.3, 0.4) is 0 Å². The van der Waals surface area contributed by atoms with Crippen LogP contribution in [0.5, 0.6) is 0 Å². The van der Waals surface area contributed by atoms with Crippen LogP contribution in [0.1, 0.15) is 6.92 Å². The van der Waals surface area contributed by atoms with Crippen molar-refractivity contribution in [1.29, 1.82) is 0 Å². The SMILES string of the molecule is CC(Cl)[C@H](N)C(=O)O. The molecule has 0 saturated carbocycles. The average molecular weight is 138 g/mol. The summed E-state index contributed by atoms with van der Waals surface area (Å²) in [4.78, 5) is 9.93. The summed E-state index contributed by atoms with van der Waals surface area (Å²) in [7, 11) is 0. The second kappa shape index (κ2) is 2.89. The van der Waals surface area contributed by atoms with Gasteiger partial charge in [0.15, 0.2) is 0 Å². The number of hydrogen-bond donors (Lipinski definition) is 2. The fourth-order valence-corrected chi connectivity index (χ4v) is 0.304. The summed E-state index contributed by atoms with van der Waals surface area (Å²) in [6.45, 7) is 1.54. The Labute approximate surface area is 52.4 Å². The molecule has 4 heteroatoms. The third-order valence-electron chi connectivity index (χ3n) is 0.780. The molecule has 48 valence electrons. The molecule has 3 nitrogen and oxygen atoms in total. The fourth-order valence-electron chi connectivity index (χ4n) is 0.196. The Kier molecular flexibility index (Phi) is 2.79. The van der Waals surface area contributed by atoms with Crippen molar-refractivity contribution in [3.63, 3.8) is 0 Å². The maximum atomic E-state index is 9.93. The maximum absolute atomic E-state index is 9.93. The summed E-state index contributed by atoms with van der Waals surface area (Å²) in [6.07, 6.45) is 0. The van der Waals surface area contributed by atoms with Crippen molar-refractivity contribution < 1.29 is 9.90 Å². The highest BCUT2D eigenvalue weighted by molar-refractivity contribution is 6.22. The number of carboxylic acids is 1. The van der Waals surface area contributed by atoms with Crippen molar-refractivity contribution in [3.8, 4) is 0 Å². The van der Waals surface area contributed by atoms with Gasteiger partial charge in [0.25, 0.3) is 0 Å². The number of nitrogens with two attached hydrogens (primary N) is 1. The first kappa shape index (κ1) is 7.72. The van der Waals surface area contributed by atoms with Crippen molar-refractivity contribution in [2.24, 2.45) is 5.73 Å². The standard InChI is InChI=1S/C4H8ClNO2/c1-2(5)3(6)4(7)8/h2-3H,6H2,1H3,(H,7,8)/t2?,3-/m0/s1. The topological polar surface area (TPSA) is 63.3 Å². The largest absolute Gasteiger partial charge is 0.480 e. The smallest absolute Gasteiger partial charge is 0.322 e. The molecule has 0 aromatic rings. The summed E-state index contributed by atoms with van der Waals surface area (Å²) in [5.41, 5.74) is 5.03. The molecule has 2 atom stereocenters. The summed E-state index contributed by atoms with van der Waals surface area (Å²) < 4.78 is 0. The van der Waals surface area contributed by atoms with Crippen molar-refractivity contribution in [3.05, 3.63) is 0 Å². The fraction of sp³-hybridized carbons (Fsp3) is 0.750. The number of hydrogen-bond acceptors (Lipinski definition) is 2. The van der Waals surface area contributed by atoms with Gasteiger partial charge in [-0.25, -0.2) is 0 Å². The summed E-state index contributed by atoms with van der Waals surface area (Å²) >= 11 is 5.32. The van der Waals surface area contributed by atoms with Crippen LogP contribution >= 0.6 is 11.6 Å². The maximum Gasteiger partial charge on any atom is 0.322 e. The van der Waals surface area contributed by atoms with Gasteiger partial charge < -0.3 is 10.8 Å². The van der Waals surface area contributed by atoms with Crippen LogP contribution < -0.4 is 5.73 Å². The number of rotatable bonds is 2. The first-order valence-electron chi connectivity index (χ1n) is 2.18. The Hall–Kier alpha value is -0.280. The van der Waals surface area contributed by atoms with Gasteiger partial charge in [0.05, 0.1) is 5.38 Å². The first-order valence-corrected chi connectivity index (χ1v) is 2.62. The number of carbonyl (C=O) groups is 1. The van der Waals surface area contributed by atoms with E-state index in [1.165, 1.54) is 0 Å². The molecule has 0 radical (unpaired) electrons. The van der Waals surface area contributed by atoms with E-state index in [2.05, 4.69) is 0 Å². The summed E-state index contributed by atoms with van der Waals surface area (Å²) in [5, 5.41) is 7.64. The Morgan fingerprint density at radius 1 is 1.88 bits per heavy atom. The van der Waals surface area contributed by atoms with Crippen LogP contribution in [0.25, 0.3) is 0 Å². The summed E-state index contributed by atoms with van der Waals surface area (Å²) in [5.74, 6) is -1.06. The van der Waals surface area contributed by atoms with E-state index < -0.39 is 17.4 Å². The summed E-state index contributed by atoms with van der Waals surface area (Å²) in [6, 6.07) is -0.948. The average Bonchev–Trinajstić information content (AvgIpc) is 1.64. The van der Waals surface area contributed by atoms with Crippen molar-refractivity contribution >= 4 is 17.6 Å². The third-order valence-corrected chi connectivity index (χ3v) is 1.05. The molecule has 0 aliphatic carbocycles. The van der Waals surface area contributed by atoms with Crippen molar-refractivity contribution in [2.45, 2.75) is 18.3 Å². The Morgan fingerprint density at radius 3 is 2.25 bits per heavy atom. The zero-order chi connectivity index (χ0) is 6.73. The highest BCUT2D eigenvalue weighted by atomic mass is 35.5. The molecular formula is C4H8ClNO2. The molecule has 0 aliphatic heterocycles. The Balaban J connectivity index is 3.64. The van der Waals surface area contributed by atoms with Gasteiger partial charge in [-0.05, 0) is 6.92 Å². The van der Waals surface area contributed by atoms with Gasteiger partial charge in [0.1, 0.15) is 6.04 Å². The van der Waals surface area contributed by atoms with Gasteiger partial charge in [-0.1, -0.05) is 0 Å². The molecular weight excluding hydrogens is 130 g/mol. The highest BCUT2D eigenvalue weighted by Gasteiger charge is 2.16. The van der Waals surface area contributed by atoms with Gasteiger partial charge in [-0.3, -0.25) is 4.79 Å². The minimum absolute atomic E-state index is 0.507. The number of alkyl halides is 1. The monoisotopic (exact) mass is 137 g/mol. The minimum Gasteiger partial charge on any atom is -0.480 e. The van der Waals surface area contributed by atoms with Crippen LogP contribution in [0.2, 0.25) is 0 Å². The molecule has 0 heterocycles. The zero-order valence-electron chi connectivity index (χ0n) is 4.47. The lowest BCUT2D eigenvalue weighted by Gasteiger charge is -2.05. The third kappa shape index (κ3) is 2.14. The molecule has 3 N–H and O–H groups in total. The van der Waals surface area contributed by atoms with Gasteiger partial charge in [-0.2, -0.15) is 0 Å². The Bertz CT molecular complexity index is 94.0. The van der Waals surface area contributed by atoms with Crippen LogP contribution in [0.4, 0.5) is 0 Å². The molecule has 0 bridgehead atoms. The van der Waals surface area contributed by atoms with Crippen molar-refractivity contribution in [2.75, 3.05) is 0 Å². The van der Waals surface area contributed by atoms with E-state index in [4.69, 9.17) is 22.4 Å². The number of halogens is 1. The lowest BCUT2D eigenvalue weighted by atomic mass is 10.2. The van der Waals surface area contributed by atoms with E-state index in [9.17, 15) is 4.79 Å². The predicted molar refractivity (Wildman–Crippen MR) is 30.9 cm³/mol. The van der Waals surface area contributed by atoms with E-state index in [1.54, 1.807) is 6.92 Å².